The zero-order chi connectivity index (χ0) is 22.4. The molecule has 1 aliphatic heterocycles. The van der Waals surface area contributed by atoms with Gasteiger partial charge in [0, 0.05) is 19.2 Å². The van der Waals surface area contributed by atoms with Crippen molar-refractivity contribution in [3.05, 3.63) is 35.7 Å². The third-order valence-corrected chi connectivity index (χ3v) is 5.18. The zero-order valence-corrected chi connectivity index (χ0v) is 18.1. The Morgan fingerprint density at radius 1 is 1.16 bits per heavy atom. The summed E-state index contributed by atoms with van der Waals surface area (Å²) in [5.41, 5.74) is 1.25. The smallest absolute Gasteiger partial charge is 0.343 e. The SMILES string of the molecule is CCOC(=O)c1cnn(C)c1NC(=O)CN1CCC(C(=O)Nc2ccc(C)cn2)CC1. The van der Waals surface area contributed by atoms with Crippen molar-refractivity contribution in [3.8, 4) is 0 Å². The minimum absolute atomic E-state index is 0.0468. The predicted molar refractivity (Wildman–Crippen MR) is 115 cm³/mol. The first kappa shape index (κ1) is 22.4. The number of nitrogens with zero attached hydrogens (tertiary/aromatic N) is 4. The fourth-order valence-electron chi connectivity index (χ4n) is 3.44. The van der Waals surface area contributed by atoms with Crippen LogP contribution < -0.4 is 10.6 Å². The lowest BCUT2D eigenvalue weighted by Gasteiger charge is -2.30. The van der Waals surface area contributed by atoms with Crippen LogP contribution in [0.3, 0.4) is 0 Å². The number of pyridine rings is 1. The zero-order valence-electron chi connectivity index (χ0n) is 18.1. The number of aryl methyl sites for hydroxylation is 2. The fourth-order valence-corrected chi connectivity index (χ4v) is 3.44. The number of amides is 2. The Labute approximate surface area is 181 Å². The molecule has 10 heteroatoms. The number of piperidine rings is 1. The van der Waals surface area contributed by atoms with E-state index in [9.17, 15) is 14.4 Å². The number of nitrogens with one attached hydrogen (secondary N) is 2. The average Bonchev–Trinajstić information content (AvgIpc) is 3.10. The number of carbonyl (C=O) groups is 3. The molecule has 0 aromatic carbocycles. The molecule has 2 aromatic heterocycles. The van der Waals surface area contributed by atoms with Crippen LogP contribution in [0.1, 0.15) is 35.7 Å². The minimum atomic E-state index is -0.527. The number of anilines is 2. The first-order valence-electron chi connectivity index (χ1n) is 10.3. The van der Waals surface area contributed by atoms with Crippen molar-refractivity contribution in [2.24, 2.45) is 13.0 Å². The maximum atomic E-state index is 12.5. The van der Waals surface area contributed by atoms with Gasteiger partial charge in [-0.15, -0.1) is 0 Å². The third kappa shape index (κ3) is 5.88. The lowest BCUT2D eigenvalue weighted by atomic mass is 9.96. The van der Waals surface area contributed by atoms with E-state index in [1.165, 1.54) is 10.9 Å². The van der Waals surface area contributed by atoms with E-state index >= 15 is 0 Å². The Hall–Kier alpha value is -3.27. The van der Waals surface area contributed by atoms with Gasteiger partial charge in [0.15, 0.2) is 0 Å². The number of likely N-dealkylation sites (tertiary alicyclic amines) is 1. The maximum absolute atomic E-state index is 12.5. The van der Waals surface area contributed by atoms with Crippen molar-refractivity contribution < 1.29 is 19.1 Å². The summed E-state index contributed by atoms with van der Waals surface area (Å²) in [6.45, 7) is 5.32. The van der Waals surface area contributed by atoms with Gasteiger partial charge in [0.05, 0.1) is 19.3 Å². The van der Waals surface area contributed by atoms with Gasteiger partial charge in [-0.3, -0.25) is 19.2 Å². The molecule has 2 amide bonds. The van der Waals surface area contributed by atoms with Crippen LogP contribution in [-0.4, -0.2) is 63.7 Å². The van der Waals surface area contributed by atoms with Crippen LogP contribution in [0.5, 0.6) is 0 Å². The van der Waals surface area contributed by atoms with Crippen LogP contribution in [0.15, 0.2) is 24.5 Å². The quantitative estimate of drug-likeness (QED) is 0.643. The van der Waals surface area contributed by atoms with E-state index in [0.29, 0.717) is 37.6 Å². The number of aromatic nitrogens is 3. The van der Waals surface area contributed by atoms with Gasteiger partial charge in [0.25, 0.3) is 0 Å². The van der Waals surface area contributed by atoms with E-state index in [1.807, 2.05) is 17.9 Å². The lowest BCUT2D eigenvalue weighted by molar-refractivity contribution is -0.121. The summed E-state index contributed by atoms with van der Waals surface area (Å²) >= 11 is 0. The third-order valence-electron chi connectivity index (χ3n) is 5.18. The van der Waals surface area contributed by atoms with Gasteiger partial charge in [-0.1, -0.05) is 6.07 Å². The van der Waals surface area contributed by atoms with Gasteiger partial charge in [0.2, 0.25) is 11.8 Å². The van der Waals surface area contributed by atoms with Gasteiger partial charge in [-0.05, 0) is 51.4 Å². The molecule has 0 spiro atoms. The normalized spacial score (nSPS) is 14.8. The van der Waals surface area contributed by atoms with Crippen LogP contribution in [0.2, 0.25) is 0 Å². The van der Waals surface area contributed by atoms with Crippen molar-refractivity contribution in [3.63, 3.8) is 0 Å². The van der Waals surface area contributed by atoms with Crippen LogP contribution in [-0.2, 0) is 21.4 Å². The van der Waals surface area contributed by atoms with Gasteiger partial charge in [0.1, 0.15) is 17.2 Å². The molecule has 0 bridgehead atoms. The molecule has 31 heavy (non-hydrogen) atoms. The van der Waals surface area contributed by atoms with Crippen LogP contribution >= 0.6 is 0 Å². The molecule has 0 unspecified atom stereocenters. The van der Waals surface area contributed by atoms with E-state index in [1.54, 1.807) is 26.2 Å². The Bertz CT molecular complexity index is 932. The first-order chi connectivity index (χ1) is 14.9. The number of rotatable bonds is 7. The van der Waals surface area contributed by atoms with E-state index in [-0.39, 0.29) is 36.4 Å². The largest absolute Gasteiger partial charge is 0.462 e. The topological polar surface area (TPSA) is 118 Å². The minimum Gasteiger partial charge on any atom is -0.462 e. The summed E-state index contributed by atoms with van der Waals surface area (Å²) in [6.07, 6.45) is 4.41. The van der Waals surface area contributed by atoms with E-state index in [0.717, 1.165) is 5.56 Å². The van der Waals surface area contributed by atoms with Crippen molar-refractivity contribution in [1.82, 2.24) is 19.7 Å². The Balaban J connectivity index is 1.48. The van der Waals surface area contributed by atoms with Gasteiger partial charge < -0.3 is 15.4 Å². The Morgan fingerprint density at radius 3 is 2.55 bits per heavy atom. The molecular formula is C21H28N6O4. The molecule has 3 rings (SSSR count). The molecule has 2 N–H and O–H groups in total. The molecule has 0 aliphatic carbocycles. The van der Waals surface area contributed by atoms with Crippen LogP contribution in [0.25, 0.3) is 0 Å². The number of carbonyl (C=O) groups excluding carboxylic acids is 3. The van der Waals surface area contributed by atoms with Crippen molar-refractivity contribution in [2.45, 2.75) is 26.7 Å². The average molecular weight is 428 g/mol. The molecule has 0 radical (unpaired) electrons. The second kappa shape index (κ2) is 10.2. The summed E-state index contributed by atoms with van der Waals surface area (Å²) in [5.74, 6) is -0.0830. The summed E-state index contributed by atoms with van der Waals surface area (Å²) in [6, 6.07) is 3.69. The number of esters is 1. The molecular weight excluding hydrogens is 400 g/mol. The van der Waals surface area contributed by atoms with Gasteiger partial charge in [-0.25, -0.2) is 9.78 Å². The molecule has 166 valence electrons. The highest BCUT2D eigenvalue weighted by molar-refractivity contribution is 6.00. The van der Waals surface area contributed by atoms with Crippen LogP contribution in [0, 0.1) is 12.8 Å². The number of hydrogen-bond donors (Lipinski definition) is 2. The number of ether oxygens (including phenoxy) is 1. The van der Waals surface area contributed by atoms with E-state index in [2.05, 4.69) is 20.7 Å². The highest BCUT2D eigenvalue weighted by Gasteiger charge is 2.27. The van der Waals surface area contributed by atoms with Crippen LogP contribution in [0.4, 0.5) is 11.6 Å². The highest BCUT2D eigenvalue weighted by atomic mass is 16.5. The molecule has 1 aliphatic rings. The summed E-state index contributed by atoms with van der Waals surface area (Å²) < 4.78 is 6.43. The summed E-state index contributed by atoms with van der Waals surface area (Å²) in [7, 11) is 1.64. The molecule has 2 aromatic rings. The van der Waals surface area contributed by atoms with Crippen molar-refractivity contribution in [2.75, 3.05) is 36.9 Å². The Morgan fingerprint density at radius 2 is 1.90 bits per heavy atom. The maximum Gasteiger partial charge on any atom is 0.343 e. The molecule has 3 heterocycles. The van der Waals surface area contributed by atoms with Crippen molar-refractivity contribution in [1.29, 1.82) is 0 Å². The predicted octanol–water partition coefficient (Wildman–Crippen LogP) is 1.59. The van der Waals surface area contributed by atoms with Gasteiger partial charge in [-0.2, -0.15) is 5.10 Å². The van der Waals surface area contributed by atoms with E-state index < -0.39 is 5.97 Å². The van der Waals surface area contributed by atoms with Crippen molar-refractivity contribution >= 4 is 29.4 Å². The second-order valence-electron chi connectivity index (χ2n) is 7.56. The first-order valence-corrected chi connectivity index (χ1v) is 10.3. The Kier molecular flexibility index (Phi) is 7.35. The van der Waals surface area contributed by atoms with E-state index in [4.69, 9.17) is 4.74 Å². The monoisotopic (exact) mass is 428 g/mol. The number of hydrogen-bond acceptors (Lipinski definition) is 7. The summed E-state index contributed by atoms with van der Waals surface area (Å²) in [5, 5.41) is 9.63. The molecule has 10 nitrogen and oxygen atoms in total. The fraction of sp³-hybridized carbons (Fsp3) is 0.476. The van der Waals surface area contributed by atoms with Gasteiger partial charge >= 0.3 is 5.97 Å². The standard InChI is InChI=1S/C21H28N6O4/c1-4-31-21(30)16-12-23-26(3)19(16)25-18(28)13-27-9-7-15(8-10-27)20(29)24-17-6-5-14(2)11-22-17/h5-6,11-12,15H,4,7-10,13H2,1-3H3,(H,25,28)(H,22,24,29). The molecule has 1 fully saturated rings. The molecule has 1 saturated heterocycles. The summed E-state index contributed by atoms with van der Waals surface area (Å²) in [4.78, 5) is 43.2. The molecule has 0 saturated carbocycles. The highest BCUT2D eigenvalue weighted by Crippen LogP contribution is 2.20. The lowest BCUT2D eigenvalue weighted by Crippen LogP contribution is -2.42. The molecule has 0 atom stereocenters. The second-order valence-corrected chi connectivity index (χ2v) is 7.56.